The van der Waals surface area contributed by atoms with Gasteiger partial charge in [-0.05, 0) is 25.1 Å². The Kier molecular flexibility index (Phi) is 3.69. The van der Waals surface area contributed by atoms with Gasteiger partial charge >= 0.3 is 6.36 Å². The summed E-state index contributed by atoms with van der Waals surface area (Å²) in [5.41, 5.74) is 1.11. The highest BCUT2D eigenvalue weighted by Gasteiger charge is 2.32. The number of anilines is 1. The van der Waals surface area contributed by atoms with E-state index in [4.69, 9.17) is 4.42 Å². The summed E-state index contributed by atoms with van der Waals surface area (Å²) in [5.74, 6) is -0.259. The standard InChI is InChI=1S/C13H12F3NO2/c1-9(10-6-7-18-8-10)17-11-4-2-3-5-12(11)19-13(14,15)16/h2-9,17H,1H3. The van der Waals surface area contributed by atoms with Gasteiger partial charge in [-0.15, -0.1) is 13.2 Å². The SMILES string of the molecule is CC(Nc1ccccc1OC(F)(F)F)c1ccoc1. The normalized spacial score (nSPS) is 13.1. The molecule has 2 rings (SSSR count). The van der Waals surface area contributed by atoms with Crippen LogP contribution in [0, 0.1) is 0 Å². The van der Waals surface area contributed by atoms with Crippen LogP contribution >= 0.6 is 0 Å². The number of hydrogen-bond donors (Lipinski definition) is 1. The minimum absolute atomic E-state index is 0.197. The van der Waals surface area contributed by atoms with Crippen molar-refractivity contribution in [2.45, 2.75) is 19.3 Å². The maximum absolute atomic E-state index is 12.3. The molecule has 0 fully saturated rings. The Morgan fingerprint density at radius 1 is 1.21 bits per heavy atom. The van der Waals surface area contributed by atoms with Gasteiger partial charge < -0.3 is 14.5 Å². The number of hydrogen-bond acceptors (Lipinski definition) is 3. The van der Waals surface area contributed by atoms with Gasteiger partial charge in [-0.25, -0.2) is 0 Å². The van der Waals surface area contributed by atoms with Crippen LogP contribution in [-0.4, -0.2) is 6.36 Å². The van der Waals surface area contributed by atoms with Crippen molar-refractivity contribution < 1.29 is 22.3 Å². The van der Waals surface area contributed by atoms with Crippen molar-refractivity contribution in [3.05, 3.63) is 48.4 Å². The van der Waals surface area contributed by atoms with Gasteiger partial charge in [0.25, 0.3) is 0 Å². The first kappa shape index (κ1) is 13.3. The third-order valence-corrected chi connectivity index (χ3v) is 2.53. The van der Waals surface area contributed by atoms with Gasteiger partial charge in [0.05, 0.1) is 24.3 Å². The number of alkyl halides is 3. The molecule has 0 spiro atoms. The average molecular weight is 271 g/mol. The number of nitrogens with one attached hydrogen (secondary N) is 1. The third-order valence-electron chi connectivity index (χ3n) is 2.53. The maximum Gasteiger partial charge on any atom is 0.573 e. The zero-order valence-corrected chi connectivity index (χ0v) is 10.1. The van der Waals surface area contributed by atoms with Crippen LogP contribution in [0.5, 0.6) is 5.75 Å². The van der Waals surface area contributed by atoms with Crippen molar-refractivity contribution in [2.24, 2.45) is 0 Å². The number of furan rings is 1. The van der Waals surface area contributed by atoms with Crippen molar-refractivity contribution in [1.29, 1.82) is 0 Å². The fraction of sp³-hybridized carbons (Fsp3) is 0.231. The third kappa shape index (κ3) is 3.67. The molecule has 1 atom stereocenters. The topological polar surface area (TPSA) is 34.4 Å². The van der Waals surface area contributed by atoms with Crippen LogP contribution in [0.25, 0.3) is 0 Å². The van der Waals surface area contributed by atoms with E-state index in [1.807, 2.05) is 6.92 Å². The molecule has 0 saturated heterocycles. The highest BCUT2D eigenvalue weighted by molar-refractivity contribution is 5.57. The Hall–Kier alpha value is -2.11. The molecule has 0 saturated carbocycles. The van der Waals surface area contributed by atoms with Crippen LogP contribution in [0.3, 0.4) is 0 Å². The highest BCUT2D eigenvalue weighted by atomic mass is 19.4. The largest absolute Gasteiger partial charge is 0.573 e. The molecular weight excluding hydrogens is 259 g/mol. The number of halogens is 3. The van der Waals surface area contributed by atoms with Gasteiger partial charge in [0, 0.05) is 5.56 Å². The molecule has 0 aliphatic carbocycles. The zero-order chi connectivity index (χ0) is 13.9. The summed E-state index contributed by atoms with van der Waals surface area (Å²) in [4.78, 5) is 0. The number of para-hydroxylation sites is 2. The lowest BCUT2D eigenvalue weighted by Gasteiger charge is -2.18. The fourth-order valence-corrected chi connectivity index (χ4v) is 1.64. The van der Waals surface area contributed by atoms with Crippen LogP contribution in [0.15, 0.2) is 47.3 Å². The molecule has 19 heavy (non-hydrogen) atoms. The number of ether oxygens (including phenoxy) is 1. The molecule has 1 aromatic heterocycles. The molecule has 0 aliphatic rings. The van der Waals surface area contributed by atoms with Gasteiger partial charge in [-0.1, -0.05) is 12.1 Å². The Labute approximate surface area is 108 Å². The van der Waals surface area contributed by atoms with E-state index in [1.165, 1.54) is 30.7 Å². The van der Waals surface area contributed by atoms with E-state index < -0.39 is 6.36 Å². The molecule has 102 valence electrons. The summed E-state index contributed by atoms with van der Waals surface area (Å²) in [5, 5.41) is 2.95. The fourth-order valence-electron chi connectivity index (χ4n) is 1.64. The van der Waals surface area contributed by atoms with Crippen LogP contribution in [0.1, 0.15) is 18.5 Å². The van der Waals surface area contributed by atoms with Gasteiger partial charge in [-0.2, -0.15) is 0 Å². The second kappa shape index (κ2) is 5.26. The summed E-state index contributed by atoms with van der Waals surface area (Å²) in [6.45, 7) is 1.81. The lowest BCUT2D eigenvalue weighted by molar-refractivity contribution is -0.274. The van der Waals surface area contributed by atoms with Gasteiger partial charge in [0.2, 0.25) is 0 Å². The summed E-state index contributed by atoms with van der Waals surface area (Å²) >= 11 is 0. The van der Waals surface area contributed by atoms with Crippen LogP contribution in [0.2, 0.25) is 0 Å². The van der Waals surface area contributed by atoms with Crippen LogP contribution < -0.4 is 10.1 Å². The molecule has 0 radical (unpaired) electrons. The van der Waals surface area contributed by atoms with E-state index in [0.717, 1.165) is 5.56 Å². The van der Waals surface area contributed by atoms with E-state index in [2.05, 4.69) is 10.1 Å². The average Bonchev–Trinajstić information content (AvgIpc) is 2.83. The van der Waals surface area contributed by atoms with Crippen LogP contribution in [-0.2, 0) is 0 Å². The predicted octanol–water partition coefficient (Wildman–Crippen LogP) is 4.35. The molecule has 1 unspecified atom stereocenters. The monoisotopic (exact) mass is 271 g/mol. The quantitative estimate of drug-likeness (QED) is 0.897. The van der Waals surface area contributed by atoms with Crippen molar-refractivity contribution in [3.63, 3.8) is 0 Å². The minimum atomic E-state index is -4.71. The Bertz CT molecular complexity index is 523. The van der Waals surface area contributed by atoms with E-state index >= 15 is 0 Å². The molecule has 3 nitrogen and oxygen atoms in total. The van der Waals surface area contributed by atoms with Gasteiger partial charge in [-0.3, -0.25) is 0 Å². The van der Waals surface area contributed by atoms with E-state index in [1.54, 1.807) is 12.1 Å². The first-order chi connectivity index (χ1) is 8.96. The first-order valence-corrected chi connectivity index (χ1v) is 5.59. The minimum Gasteiger partial charge on any atom is -0.472 e. The Morgan fingerprint density at radius 3 is 2.58 bits per heavy atom. The van der Waals surface area contributed by atoms with Crippen molar-refractivity contribution in [1.82, 2.24) is 0 Å². The second-order valence-electron chi connectivity index (χ2n) is 3.97. The lowest BCUT2D eigenvalue weighted by Crippen LogP contribution is -2.18. The molecule has 2 aromatic rings. The summed E-state index contributed by atoms with van der Waals surface area (Å²) in [6, 6.07) is 7.44. The lowest BCUT2D eigenvalue weighted by atomic mass is 10.1. The summed E-state index contributed by atoms with van der Waals surface area (Å²) in [7, 11) is 0. The van der Waals surface area contributed by atoms with Crippen molar-refractivity contribution in [3.8, 4) is 5.75 Å². The Balaban J connectivity index is 2.16. The van der Waals surface area contributed by atoms with E-state index in [-0.39, 0.29) is 17.5 Å². The van der Waals surface area contributed by atoms with Gasteiger partial charge in [0.15, 0.2) is 5.75 Å². The zero-order valence-electron chi connectivity index (χ0n) is 10.1. The number of benzene rings is 1. The molecule has 1 aromatic carbocycles. The summed E-state index contributed by atoms with van der Waals surface area (Å²) in [6.07, 6.45) is -1.67. The van der Waals surface area contributed by atoms with Gasteiger partial charge in [0.1, 0.15) is 0 Å². The van der Waals surface area contributed by atoms with Crippen molar-refractivity contribution >= 4 is 5.69 Å². The summed E-state index contributed by atoms with van der Waals surface area (Å²) < 4.78 is 45.7. The molecule has 1 heterocycles. The molecule has 0 amide bonds. The Morgan fingerprint density at radius 2 is 1.95 bits per heavy atom. The smallest absolute Gasteiger partial charge is 0.472 e. The second-order valence-corrected chi connectivity index (χ2v) is 3.97. The predicted molar refractivity (Wildman–Crippen MR) is 63.9 cm³/mol. The van der Waals surface area contributed by atoms with Crippen molar-refractivity contribution in [2.75, 3.05) is 5.32 Å². The highest BCUT2D eigenvalue weighted by Crippen LogP contribution is 2.32. The van der Waals surface area contributed by atoms with E-state index in [9.17, 15) is 13.2 Å². The molecule has 6 heteroatoms. The molecular formula is C13H12F3NO2. The molecule has 0 bridgehead atoms. The molecule has 1 N–H and O–H groups in total. The number of rotatable bonds is 4. The molecule has 0 aliphatic heterocycles. The maximum atomic E-state index is 12.3. The van der Waals surface area contributed by atoms with Crippen LogP contribution in [0.4, 0.5) is 18.9 Å². The first-order valence-electron chi connectivity index (χ1n) is 5.59. The van der Waals surface area contributed by atoms with E-state index in [0.29, 0.717) is 0 Å².